The lowest BCUT2D eigenvalue weighted by Gasteiger charge is -2.43. The molecule has 0 saturated carbocycles. The first-order valence-electron chi connectivity index (χ1n) is 9.66. The van der Waals surface area contributed by atoms with Crippen molar-refractivity contribution in [3.8, 4) is 0 Å². The first-order valence-corrected chi connectivity index (χ1v) is 9.66. The molecule has 1 atom stereocenters. The number of nitro groups is 1. The minimum Gasteiger partial charge on any atom is -0.340 e. The van der Waals surface area contributed by atoms with Crippen molar-refractivity contribution in [3.05, 3.63) is 79.7 Å². The summed E-state index contributed by atoms with van der Waals surface area (Å²) in [5.41, 5.74) is 9.28. The molecule has 0 saturated heterocycles. The maximum absolute atomic E-state index is 11.7. The fraction of sp³-hybridized carbons (Fsp3) is 0.391. The van der Waals surface area contributed by atoms with E-state index in [4.69, 9.17) is 0 Å². The Balaban J connectivity index is 2.18. The molecule has 1 aliphatic heterocycles. The number of aryl methyl sites for hydroxylation is 6. The summed E-state index contributed by atoms with van der Waals surface area (Å²) in [4.78, 5) is 15.7. The number of nitrogens with zero attached hydrogens (tertiary/aromatic N) is 3. The van der Waals surface area contributed by atoms with Crippen LogP contribution in [0.25, 0.3) is 0 Å². The maximum atomic E-state index is 11.7. The van der Waals surface area contributed by atoms with E-state index < -0.39 is 0 Å². The van der Waals surface area contributed by atoms with Crippen molar-refractivity contribution in [3.63, 3.8) is 0 Å². The van der Waals surface area contributed by atoms with Crippen molar-refractivity contribution in [2.24, 2.45) is 0 Å². The molecule has 0 N–H and O–H groups in total. The molecular formula is C23H29N3O2. The summed E-state index contributed by atoms with van der Waals surface area (Å²) < 4.78 is 0. The Morgan fingerprint density at radius 3 is 1.71 bits per heavy atom. The summed E-state index contributed by atoms with van der Waals surface area (Å²) in [7, 11) is 0. The Morgan fingerprint density at radius 2 is 1.29 bits per heavy atom. The third kappa shape index (κ3) is 3.49. The highest BCUT2D eigenvalue weighted by Crippen LogP contribution is 2.36. The largest absolute Gasteiger partial charge is 0.340 e. The van der Waals surface area contributed by atoms with Crippen LogP contribution >= 0.6 is 0 Å². The second-order valence-corrected chi connectivity index (χ2v) is 8.04. The molecule has 148 valence electrons. The highest BCUT2D eigenvalue weighted by molar-refractivity contribution is 5.68. The molecule has 5 heteroatoms. The zero-order valence-corrected chi connectivity index (χ0v) is 17.8. The Kier molecular flexibility index (Phi) is 5.20. The van der Waals surface area contributed by atoms with Gasteiger partial charge in [-0.05, 0) is 70.7 Å². The molecule has 0 fully saturated rings. The normalized spacial score (nSPS) is 17.0. The van der Waals surface area contributed by atoms with Gasteiger partial charge in [0.25, 0.3) is 5.70 Å². The van der Waals surface area contributed by atoms with Crippen LogP contribution in [0, 0.1) is 51.7 Å². The van der Waals surface area contributed by atoms with Crippen molar-refractivity contribution in [1.82, 2.24) is 0 Å². The SMILES string of the molecule is Cc1cc(C)c(N2C=C([N+](=O)[O-])CN(c3c(C)cc(C)cc3C)C2C)c(C)c1. The van der Waals surface area contributed by atoms with E-state index in [1.54, 1.807) is 6.20 Å². The van der Waals surface area contributed by atoms with Crippen LogP contribution in [0.5, 0.6) is 0 Å². The molecule has 0 aliphatic carbocycles. The van der Waals surface area contributed by atoms with Gasteiger partial charge in [-0.1, -0.05) is 35.4 Å². The maximum Gasteiger partial charge on any atom is 0.281 e. The van der Waals surface area contributed by atoms with Crippen molar-refractivity contribution in [2.45, 2.75) is 54.6 Å². The van der Waals surface area contributed by atoms with Crippen molar-refractivity contribution in [1.29, 1.82) is 0 Å². The van der Waals surface area contributed by atoms with Crippen LogP contribution in [0.2, 0.25) is 0 Å². The number of anilines is 2. The molecule has 0 radical (unpaired) electrons. The van der Waals surface area contributed by atoms with Crippen LogP contribution in [0.15, 0.2) is 36.2 Å². The summed E-state index contributed by atoms with van der Waals surface area (Å²) in [6.07, 6.45) is 1.67. The fourth-order valence-electron chi connectivity index (χ4n) is 4.59. The van der Waals surface area contributed by atoms with E-state index in [0.29, 0.717) is 6.54 Å². The van der Waals surface area contributed by atoms with E-state index in [0.717, 1.165) is 33.6 Å². The lowest BCUT2D eigenvalue weighted by molar-refractivity contribution is -0.426. The number of benzene rings is 2. The van der Waals surface area contributed by atoms with Gasteiger partial charge >= 0.3 is 0 Å². The minimum atomic E-state index is -0.260. The number of hydrogen-bond donors (Lipinski definition) is 0. The summed E-state index contributed by atoms with van der Waals surface area (Å²) >= 11 is 0. The molecule has 2 aromatic rings. The van der Waals surface area contributed by atoms with Crippen LogP contribution in [-0.4, -0.2) is 17.6 Å². The Labute approximate surface area is 167 Å². The zero-order valence-electron chi connectivity index (χ0n) is 17.8. The van der Waals surface area contributed by atoms with Gasteiger partial charge in [-0.25, -0.2) is 0 Å². The molecule has 5 nitrogen and oxygen atoms in total. The molecular weight excluding hydrogens is 350 g/mol. The average molecular weight is 380 g/mol. The molecule has 0 spiro atoms. The average Bonchev–Trinajstić information content (AvgIpc) is 2.55. The van der Waals surface area contributed by atoms with Crippen molar-refractivity contribution >= 4 is 11.4 Å². The van der Waals surface area contributed by atoms with Gasteiger partial charge in [-0.2, -0.15) is 0 Å². The van der Waals surface area contributed by atoms with E-state index in [1.165, 1.54) is 11.1 Å². The van der Waals surface area contributed by atoms with Crippen LogP contribution in [-0.2, 0) is 0 Å². The van der Waals surface area contributed by atoms with E-state index in [9.17, 15) is 10.1 Å². The van der Waals surface area contributed by atoms with Gasteiger partial charge in [-0.3, -0.25) is 10.1 Å². The van der Waals surface area contributed by atoms with Crippen LogP contribution in [0.1, 0.15) is 40.3 Å². The Hall–Kier alpha value is -2.82. The topological polar surface area (TPSA) is 49.6 Å². The van der Waals surface area contributed by atoms with Crippen LogP contribution in [0.4, 0.5) is 11.4 Å². The van der Waals surface area contributed by atoms with Gasteiger partial charge in [0, 0.05) is 11.4 Å². The molecule has 2 aromatic carbocycles. The molecule has 28 heavy (non-hydrogen) atoms. The second kappa shape index (κ2) is 7.30. The summed E-state index contributed by atoms with van der Waals surface area (Å²) in [5.74, 6) is 0. The third-order valence-corrected chi connectivity index (χ3v) is 5.52. The van der Waals surface area contributed by atoms with E-state index >= 15 is 0 Å². The first kappa shape index (κ1) is 19.9. The molecule has 1 unspecified atom stereocenters. The lowest BCUT2D eigenvalue weighted by Crippen LogP contribution is -2.51. The van der Waals surface area contributed by atoms with Crippen molar-refractivity contribution in [2.75, 3.05) is 16.3 Å². The standard InChI is InChI=1S/C23H29N3O2/c1-14-8-16(3)22(17(4)9-14)24-12-21(26(27)28)13-25(20(24)7)23-18(5)10-15(2)11-19(23)6/h8-12,20H,13H2,1-7H3. The zero-order chi connectivity index (χ0) is 20.7. The highest BCUT2D eigenvalue weighted by Gasteiger charge is 2.34. The number of hydrogen-bond acceptors (Lipinski definition) is 4. The lowest BCUT2D eigenvalue weighted by atomic mass is 10.0. The van der Waals surface area contributed by atoms with Gasteiger partial charge < -0.3 is 9.80 Å². The highest BCUT2D eigenvalue weighted by atomic mass is 16.6. The van der Waals surface area contributed by atoms with E-state index in [1.807, 2.05) is 0 Å². The summed E-state index contributed by atoms with van der Waals surface area (Å²) in [6, 6.07) is 8.56. The second-order valence-electron chi connectivity index (χ2n) is 8.04. The Bertz CT molecular complexity index is 932. The van der Waals surface area contributed by atoms with Gasteiger partial charge in [0.1, 0.15) is 12.7 Å². The van der Waals surface area contributed by atoms with E-state index in [2.05, 4.69) is 82.5 Å². The van der Waals surface area contributed by atoms with E-state index in [-0.39, 0.29) is 16.8 Å². The number of rotatable bonds is 3. The van der Waals surface area contributed by atoms with Gasteiger partial charge in [-0.15, -0.1) is 0 Å². The van der Waals surface area contributed by atoms with Crippen molar-refractivity contribution < 1.29 is 4.92 Å². The Morgan fingerprint density at radius 1 is 0.857 bits per heavy atom. The van der Waals surface area contributed by atoms with Gasteiger partial charge in [0.2, 0.25) is 0 Å². The third-order valence-electron chi connectivity index (χ3n) is 5.52. The van der Waals surface area contributed by atoms with Crippen LogP contribution in [0.3, 0.4) is 0 Å². The predicted octanol–water partition coefficient (Wildman–Crippen LogP) is 5.33. The molecule has 1 aliphatic rings. The smallest absolute Gasteiger partial charge is 0.281 e. The van der Waals surface area contributed by atoms with Gasteiger partial charge in [0.05, 0.1) is 11.1 Å². The molecule has 3 rings (SSSR count). The quantitative estimate of drug-likeness (QED) is 0.534. The monoisotopic (exact) mass is 379 g/mol. The molecule has 0 bridgehead atoms. The molecule has 1 heterocycles. The van der Waals surface area contributed by atoms with Gasteiger partial charge in [0.15, 0.2) is 0 Å². The van der Waals surface area contributed by atoms with Crippen LogP contribution < -0.4 is 9.80 Å². The summed E-state index contributed by atoms with van der Waals surface area (Å²) in [6.45, 7) is 14.9. The fourth-order valence-corrected chi connectivity index (χ4v) is 4.59. The predicted molar refractivity (Wildman–Crippen MR) is 116 cm³/mol. The summed E-state index contributed by atoms with van der Waals surface area (Å²) in [5, 5.41) is 11.7. The minimum absolute atomic E-state index is 0.0380. The first-order chi connectivity index (χ1) is 13.1. The molecule has 0 amide bonds. The molecule has 0 aromatic heterocycles.